The maximum Gasteiger partial charge on any atom is 0.219 e. The fourth-order valence-electron chi connectivity index (χ4n) is 1.64. The van der Waals surface area contributed by atoms with Crippen molar-refractivity contribution in [2.75, 3.05) is 23.5 Å². The molecule has 1 aliphatic rings. The lowest BCUT2D eigenvalue weighted by Gasteiger charge is -2.08. The number of hydrogen-bond acceptors (Lipinski definition) is 6. The molecule has 1 atom stereocenters. The Labute approximate surface area is 92.2 Å². The van der Waals surface area contributed by atoms with E-state index in [0.717, 1.165) is 0 Å². The molecule has 2 heterocycles. The molecule has 15 heavy (non-hydrogen) atoms. The van der Waals surface area contributed by atoms with Crippen LogP contribution in [0.2, 0.25) is 0 Å². The van der Waals surface area contributed by atoms with E-state index in [1.807, 2.05) is 6.26 Å². The lowest BCUT2D eigenvalue weighted by molar-refractivity contribution is 0.498. The van der Waals surface area contributed by atoms with Gasteiger partial charge in [0, 0.05) is 0 Å². The van der Waals surface area contributed by atoms with Crippen molar-refractivity contribution in [3.05, 3.63) is 0 Å². The molecule has 1 unspecified atom stereocenters. The van der Waals surface area contributed by atoms with Crippen LogP contribution in [0.15, 0.2) is 5.16 Å². The maximum atomic E-state index is 11.3. The lowest BCUT2D eigenvalue weighted by atomic mass is 10.3. The Hall–Kier alpha value is -0.760. The molecule has 2 rings (SSSR count). The van der Waals surface area contributed by atoms with Crippen LogP contribution in [0.3, 0.4) is 0 Å². The molecule has 0 saturated carbocycles. The molecule has 1 aromatic heterocycles. The molecule has 1 saturated heterocycles. The van der Waals surface area contributed by atoms with Gasteiger partial charge < -0.3 is 5.73 Å². The van der Waals surface area contributed by atoms with Crippen molar-refractivity contribution in [3.8, 4) is 0 Å². The smallest absolute Gasteiger partial charge is 0.219 e. The largest absolute Gasteiger partial charge is 0.368 e. The molecule has 0 aromatic carbocycles. The Morgan fingerprint density at radius 2 is 2.33 bits per heavy atom. The van der Waals surface area contributed by atoms with Gasteiger partial charge in [-0.1, -0.05) is 11.8 Å². The highest BCUT2D eigenvalue weighted by Gasteiger charge is 2.31. The molecule has 84 valence electrons. The second-order valence-corrected chi connectivity index (χ2v) is 6.46. The highest BCUT2D eigenvalue weighted by molar-refractivity contribution is 7.98. The van der Waals surface area contributed by atoms with E-state index < -0.39 is 9.84 Å². The van der Waals surface area contributed by atoms with Gasteiger partial charge >= 0.3 is 0 Å². The summed E-state index contributed by atoms with van der Waals surface area (Å²) >= 11 is 1.39. The maximum absolute atomic E-state index is 11.3. The van der Waals surface area contributed by atoms with Crippen LogP contribution in [0, 0.1) is 0 Å². The van der Waals surface area contributed by atoms with Crippen molar-refractivity contribution in [2.45, 2.75) is 17.6 Å². The topological polar surface area (TPSA) is 90.9 Å². The number of nitrogens with zero attached hydrogens (tertiary/aromatic N) is 3. The van der Waals surface area contributed by atoms with Gasteiger partial charge in [-0.2, -0.15) is 4.98 Å². The number of aromatic nitrogens is 3. The predicted molar refractivity (Wildman–Crippen MR) is 58.5 cm³/mol. The van der Waals surface area contributed by atoms with Gasteiger partial charge in [0.2, 0.25) is 11.1 Å². The first-order chi connectivity index (χ1) is 7.02. The summed E-state index contributed by atoms with van der Waals surface area (Å²) in [7, 11) is -2.91. The third-order valence-corrected chi connectivity index (χ3v) is 4.66. The van der Waals surface area contributed by atoms with E-state index in [2.05, 4.69) is 10.1 Å². The van der Waals surface area contributed by atoms with Crippen molar-refractivity contribution in [1.29, 1.82) is 0 Å². The lowest BCUT2D eigenvalue weighted by Crippen LogP contribution is -2.14. The summed E-state index contributed by atoms with van der Waals surface area (Å²) < 4.78 is 24.1. The van der Waals surface area contributed by atoms with Gasteiger partial charge in [-0.25, -0.2) is 13.1 Å². The molecule has 1 aromatic rings. The van der Waals surface area contributed by atoms with Crippen LogP contribution in [-0.2, 0) is 9.84 Å². The minimum Gasteiger partial charge on any atom is -0.368 e. The van der Waals surface area contributed by atoms with Crippen molar-refractivity contribution in [1.82, 2.24) is 14.8 Å². The summed E-state index contributed by atoms with van der Waals surface area (Å²) in [5.74, 6) is 0.626. The molecule has 0 amide bonds. The van der Waals surface area contributed by atoms with Crippen LogP contribution in [0.25, 0.3) is 0 Å². The molecule has 1 aliphatic heterocycles. The van der Waals surface area contributed by atoms with Crippen LogP contribution >= 0.6 is 11.8 Å². The van der Waals surface area contributed by atoms with Gasteiger partial charge in [0.25, 0.3) is 0 Å². The highest BCUT2D eigenvalue weighted by atomic mass is 32.2. The van der Waals surface area contributed by atoms with Crippen molar-refractivity contribution in [3.63, 3.8) is 0 Å². The van der Waals surface area contributed by atoms with Crippen molar-refractivity contribution < 1.29 is 8.42 Å². The summed E-state index contributed by atoms with van der Waals surface area (Å²) in [5.41, 5.74) is 5.67. The molecular weight excluding hydrogens is 236 g/mol. The first-order valence-corrected chi connectivity index (χ1v) is 7.53. The minimum atomic E-state index is -2.91. The van der Waals surface area contributed by atoms with Crippen molar-refractivity contribution in [2.24, 2.45) is 0 Å². The van der Waals surface area contributed by atoms with E-state index in [0.29, 0.717) is 17.5 Å². The van der Waals surface area contributed by atoms with E-state index in [-0.39, 0.29) is 17.5 Å². The van der Waals surface area contributed by atoms with Gasteiger partial charge in [-0.15, -0.1) is 5.10 Å². The highest BCUT2D eigenvalue weighted by Crippen LogP contribution is 2.25. The molecule has 0 radical (unpaired) electrons. The van der Waals surface area contributed by atoms with E-state index in [9.17, 15) is 8.42 Å². The van der Waals surface area contributed by atoms with Gasteiger partial charge in [0.15, 0.2) is 9.84 Å². The second kappa shape index (κ2) is 3.67. The number of sulfone groups is 1. The Balaban J connectivity index is 2.27. The van der Waals surface area contributed by atoms with E-state index in [1.54, 1.807) is 0 Å². The molecule has 6 nitrogen and oxygen atoms in total. The summed E-state index contributed by atoms with van der Waals surface area (Å²) in [6.07, 6.45) is 2.42. The first-order valence-electron chi connectivity index (χ1n) is 4.48. The van der Waals surface area contributed by atoms with Crippen LogP contribution in [-0.4, -0.2) is 40.9 Å². The zero-order valence-corrected chi connectivity index (χ0v) is 9.88. The summed E-state index contributed by atoms with van der Waals surface area (Å²) in [5, 5.41) is 4.74. The van der Waals surface area contributed by atoms with E-state index in [1.165, 1.54) is 16.4 Å². The van der Waals surface area contributed by atoms with Gasteiger partial charge in [0.05, 0.1) is 17.5 Å². The third-order valence-electron chi connectivity index (χ3n) is 2.38. The van der Waals surface area contributed by atoms with Gasteiger partial charge in [0.1, 0.15) is 0 Å². The zero-order valence-electron chi connectivity index (χ0n) is 8.25. The minimum absolute atomic E-state index is 0.119. The number of nitrogen functional groups attached to an aromatic ring is 1. The normalized spacial score (nSPS) is 24.5. The average molecular weight is 248 g/mol. The standard InChI is InChI=1S/C7H12N4O2S2/c1-14-7-9-6(8)11(10-7)5-2-3-15(12,13)4-5/h5H,2-4H2,1H3,(H2,8,9,10). The number of thioether (sulfide) groups is 1. The summed E-state index contributed by atoms with van der Waals surface area (Å²) in [6.45, 7) is 0. The molecule has 1 fully saturated rings. The summed E-state index contributed by atoms with van der Waals surface area (Å²) in [6, 6.07) is -0.150. The molecule has 0 spiro atoms. The molecular formula is C7H12N4O2S2. The van der Waals surface area contributed by atoms with E-state index >= 15 is 0 Å². The zero-order chi connectivity index (χ0) is 11.1. The average Bonchev–Trinajstić information content (AvgIpc) is 2.69. The fraction of sp³-hybridized carbons (Fsp3) is 0.714. The Bertz CT molecular complexity index is 467. The third kappa shape index (κ3) is 2.10. The van der Waals surface area contributed by atoms with Crippen LogP contribution in [0.4, 0.5) is 5.95 Å². The van der Waals surface area contributed by atoms with Crippen LogP contribution in [0.1, 0.15) is 12.5 Å². The Morgan fingerprint density at radius 1 is 1.60 bits per heavy atom. The second-order valence-electron chi connectivity index (χ2n) is 3.46. The molecule has 0 bridgehead atoms. The Morgan fingerprint density at radius 3 is 2.80 bits per heavy atom. The van der Waals surface area contributed by atoms with Gasteiger partial charge in [-0.3, -0.25) is 0 Å². The van der Waals surface area contributed by atoms with Crippen LogP contribution < -0.4 is 5.73 Å². The number of anilines is 1. The summed E-state index contributed by atoms with van der Waals surface area (Å²) in [4.78, 5) is 4.02. The monoisotopic (exact) mass is 248 g/mol. The number of nitrogens with two attached hydrogens (primary N) is 1. The molecule has 8 heteroatoms. The quantitative estimate of drug-likeness (QED) is 0.737. The fourth-order valence-corrected chi connectivity index (χ4v) is 3.68. The number of hydrogen-bond donors (Lipinski definition) is 1. The van der Waals surface area contributed by atoms with Crippen LogP contribution in [0.5, 0.6) is 0 Å². The number of rotatable bonds is 2. The Kier molecular flexibility index (Phi) is 2.63. The molecule has 0 aliphatic carbocycles. The SMILES string of the molecule is CSc1nc(N)n(C2CCS(=O)(=O)C2)n1. The predicted octanol–water partition coefficient (Wildman–Crippen LogP) is -0.0582. The van der Waals surface area contributed by atoms with Crippen molar-refractivity contribution >= 4 is 27.5 Å². The molecule has 2 N–H and O–H groups in total. The van der Waals surface area contributed by atoms with E-state index in [4.69, 9.17) is 5.73 Å². The van der Waals surface area contributed by atoms with Gasteiger partial charge in [-0.05, 0) is 12.7 Å². The first kappa shape index (κ1) is 10.7.